The number of phosphoric ester groups is 2. The zero-order valence-corrected chi connectivity index (χ0v) is 81.8. The van der Waals surface area contributed by atoms with E-state index in [1.165, 1.54) is 75.7 Å². The van der Waals surface area contributed by atoms with Gasteiger partial charge in [-0.05, 0) is 271 Å². The van der Waals surface area contributed by atoms with Crippen LogP contribution in [-0.2, 0) is 84.6 Å². The first-order valence-corrected chi connectivity index (χ1v) is 48.4. The van der Waals surface area contributed by atoms with Crippen molar-refractivity contribution in [2.24, 2.45) is 5.73 Å². The monoisotopic (exact) mass is 1880 g/mol. The molecule has 2 heterocycles. The van der Waals surface area contributed by atoms with Crippen LogP contribution in [0.25, 0.3) is 0 Å². The molecule has 0 aliphatic carbocycles. The number of carboxylic acid groups (broad SMARTS) is 2. The lowest BCUT2D eigenvalue weighted by Crippen LogP contribution is -2.70. The Morgan fingerprint density at radius 2 is 0.785 bits per heavy atom. The van der Waals surface area contributed by atoms with Crippen LogP contribution in [0.4, 0.5) is 0 Å². The number of aliphatic hydroxyl groups is 4. The van der Waals surface area contributed by atoms with E-state index in [1.807, 2.05) is 6.92 Å². The Balaban J connectivity index is 2.08. The fourth-order valence-electron chi connectivity index (χ4n) is 14.0. The summed E-state index contributed by atoms with van der Waals surface area (Å²) >= 11 is 0. The Bertz CT molecular complexity index is 4070. The van der Waals surface area contributed by atoms with E-state index >= 15 is 0 Å². The van der Waals surface area contributed by atoms with Crippen molar-refractivity contribution in [2.45, 2.75) is 383 Å². The quantitative estimate of drug-likeness (QED) is 0.0153. The topological polar surface area (TPSA) is 524 Å². The maximum atomic E-state index is 14.1. The number of hydrogen-bond acceptors (Lipinski definition) is 23. The number of carboxylic acids is 2. The molecule has 36 heteroatoms. The minimum absolute atomic E-state index is 0.0174. The van der Waals surface area contributed by atoms with Crippen LogP contribution in [-0.4, -0.2) is 218 Å². The molecule has 2 fully saturated rings. The molecule has 2 aliphatic rings. The number of nitrogens with two attached hydrogens (primary N) is 1. The van der Waals surface area contributed by atoms with Gasteiger partial charge in [0.05, 0.1) is 19.8 Å². The van der Waals surface area contributed by atoms with Crippen LogP contribution in [0, 0.1) is 0 Å². The zero-order chi connectivity index (χ0) is 98.0. The van der Waals surface area contributed by atoms with E-state index in [-0.39, 0.29) is 13.0 Å². The summed E-state index contributed by atoms with van der Waals surface area (Å²) in [6.07, 6.45) is 27.0. The standard InChI is InChI=1S/C94H156N8O26P2/c1-59(2)31-21-32-60(3)33-22-34-61(4)35-23-36-62(5)37-24-38-63(6)39-25-40-64(7)41-26-42-65(8)43-27-44-66(9)45-28-46-67(10)47-29-48-68(11)49-30-50-69(12)54-56-122-129(118,119)128-130(120,121)127-94-82(100-75(18)106)86(85(79(58-104)125-94)126-93-81(99-74(17)105)84(109)83(108)78(57-103)124-93)123-73(16)89(112)96-71(14)88(111)102-77(92(116)117)52-53-80(107)101-76(51-19-20-55-95)90(113)97-70(13)87(110)98-72(15)91(114)115/h31,33,35,37,39,41,43,45,47,49,54,70-73,76-79,81-86,93-94,103-104,108-109H,19-30,32,34,36,38,40,42,44,46,48,50-53,55-58,95H2,1-18H3,(H,96,112)(H,97,113)(H,98,110)(H,99,105)(H,100,106)(H,101,107)(H,102,111)(H,114,115)(H,116,117)(H,118,119)(H,120,121)/b60-33+,61-35+,62-37+,63-39-,64-41-,65-43-,66-45-,67-47-,68-49-,69-54-/t70-,71+,72-,73-,76+,77-,78+,79+,81+,82-,83+,84+,85+,86+,93-,94+/m0/s1. The minimum atomic E-state index is -5.95. The van der Waals surface area contributed by atoms with E-state index in [1.54, 1.807) is 6.92 Å². The fraction of sp³-hybridized carbons (Fsp3) is 0.670. The highest BCUT2D eigenvalue weighted by atomic mass is 31.3. The van der Waals surface area contributed by atoms with E-state index in [0.29, 0.717) is 25.7 Å². The molecule has 738 valence electrons. The number of ether oxygens (including phenoxy) is 4. The molecule has 0 aromatic carbocycles. The molecule has 2 aliphatic heterocycles. The summed E-state index contributed by atoms with van der Waals surface area (Å²) in [7, 11) is -11.5. The Morgan fingerprint density at radius 1 is 0.408 bits per heavy atom. The Morgan fingerprint density at radius 3 is 1.17 bits per heavy atom. The van der Waals surface area contributed by atoms with E-state index in [2.05, 4.69) is 172 Å². The largest absolute Gasteiger partial charge is 0.483 e. The highest BCUT2D eigenvalue weighted by Gasteiger charge is 2.55. The predicted octanol–water partition coefficient (Wildman–Crippen LogP) is 12.4. The summed E-state index contributed by atoms with van der Waals surface area (Å²) < 4.78 is 66.3. The number of carbonyl (C=O) groups is 9. The van der Waals surface area contributed by atoms with Crippen molar-refractivity contribution in [3.63, 3.8) is 0 Å². The van der Waals surface area contributed by atoms with Crippen LogP contribution in [0.2, 0.25) is 0 Å². The number of unbranched alkanes of at least 4 members (excludes halogenated alkanes) is 1. The minimum Gasteiger partial charge on any atom is -0.480 e. The van der Waals surface area contributed by atoms with Crippen LogP contribution in [0.3, 0.4) is 0 Å². The third-order valence-electron chi connectivity index (χ3n) is 22.1. The molecular formula is C94H156N8O26P2. The SMILES string of the molecule is CC(=O)N[C@@H]1[C@@H](OP(=O)(O)OP(=O)(O)OC/C=C(/C)CC/C=C(/C)CC/C=C(/C)CC/C=C(/C)CC/C=C(/C)CC/C=C(/C)CC/C=C(/C)CC/C=C(\C)CC/C=C(\C)CC/C=C(\C)CCC=C(C)C)O[C@H](CO)[C@@H](O[C@@H]2O[C@H](CO)[C@@H](O)[C@H](O)[C@H]2NC(C)=O)[C@@H]1O[C@@H](C)C(=O)N[C@H](C)C(=O)N[C@@H](CCC(=O)N[C@H](CCCCN)C(=O)N[C@@H](C)C(=O)N[C@@H](C)C(=O)O)C(=O)O. The third kappa shape index (κ3) is 50.4. The lowest BCUT2D eigenvalue weighted by atomic mass is 9.94. The van der Waals surface area contributed by atoms with Gasteiger partial charge in [0.2, 0.25) is 41.4 Å². The average Bonchev–Trinajstić information content (AvgIpc) is 0.761. The lowest BCUT2D eigenvalue weighted by molar-refractivity contribution is -0.331. The molecule has 18 atom stereocenters. The highest BCUT2D eigenvalue weighted by molar-refractivity contribution is 7.61. The summed E-state index contributed by atoms with van der Waals surface area (Å²) in [6.45, 7) is 30.1. The molecule has 130 heavy (non-hydrogen) atoms. The van der Waals surface area contributed by atoms with Crippen LogP contribution in [0.15, 0.2) is 128 Å². The summed E-state index contributed by atoms with van der Waals surface area (Å²) in [5, 5.41) is 78.7. The van der Waals surface area contributed by atoms with E-state index in [4.69, 9.17) is 33.7 Å². The second kappa shape index (κ2) is 63.5. The molecule has 2 rings (SSSR count). The van der Waals surface area contributed by atoms with E-state index in [9.17, 15) is 92.7 Å². The number of allylic oxidation sites excluding steroid dienone is 21. The van der Waals surface area contributed by atoms with Crippen molar-refractivity contribution in [2.75, 3.05) is 26.4 Å². The van der Waals surface area contributed by atoms with Crippen molar-refractivity contribution in [3.8, 4) is 0 Å². The summed E-state index contributed by atoms with van der Waals surface area (Å²) in [5.74, 6) is -9.61. The molecule has 7 amide bonds. The van der Waals surface area contributed by atoms with Crippen LogP contribution >= 0.6 is 15.6 Å². The van der Waals surface area contributed by atoms with Gasteiger partial charge in [-0.15, -0.1) is 0 Å². The van der Waals surface area contributed by atoms with Crippen LogP contribution < -0.4 is 43.0 Å². The van der Waals surface area contributed by atoms with Crippen molar-refractivity contribution < 1.29 is 125 Å². The number of rotatable bonds is 63. The summed E-state index contributed by atoms with van der Waals surface area (Å²) in [4.78, 5) is 138. The number of aliphatic hydroxyl groups excluding tert-OH is 4. The summed E-state index contributed by atoms with van der Waals surface area (Å²) in [5.41, 5.74) is 20.4. The van der Waals surface area contributed by atoms with Crippen LogP contribution in [0.5, 0.6) is 0 Å². The number of amides is 7. The van der Waals surface area contributed by atoms with Gasteiger partial charge in [0.1, 0.15) is 85.0 Å². The van der Waals surface area contributed by atoms with E-state index < -0.39 is 199 Å². The number of aliphatic carboxylic acids is 2. The molecule has 2 unspecified atom stereocenters. The fourth-order valence-corrected chi connectivity index (χ4v) is 16.1. The molecular weight excluding hydrogens is 1720 g/mol. The summed E-state index contributed by atoms with van der Waals surface area (Å²) in [6, 6.07) is -11.0. The first kappa shape index (κ1) is 118. The first-order chi connectivity index (χ1) is 61.1. The molecule has 0 bridgehead atoms. The van der Waals surface area contributed by atoms with Gasteiger partial charge in [-0.3, -0.25) is 47.4 Å². The van der Waals surface area contributed by atoms with Gasteiger partial charge in [-0.25, -0.2) is 13.9 Å². The predicted molar refractivity (Wildman–Crippen MR) is 499 cm³/mol. The van der Waals surface area contributed by atoms with Gasteiger partial charge in [0.15, 0.2) is 12.6 Å². The maximum Gasteiger partial charge on any atom is 0.483 e. The molecule has 0 aromatic heterocycles. The second-order valence-electron chi connectivity index (χ2n) is 34.7. The van der Waals surface area contributed by atoms with Crippen molar-refractivity contribution in [1.29, 1.82) is 0 Å². The average molecular weight is 1880 g/mol. The third-order valence-corrected chi connectivity index (χ3v) is 24.7. The number of phosphoric acid groups is 2. The van der Waals surface area contributed by atoms with E-state index in [0.717, 1.165) is 149 Å². The number of hydrogen-bond donors (Lipinski definition) is 16. The normalized spacial score (nSPS) is 22.4. The molecule has 0 saturated carbocycles. The Kier molecular flexibility index (Phi) is 57.8. The highest BCUT2D eigenvalue weighted by Crippen LogP contribution is 2.61. The molecule has 0 aromatic rings. The molecule has 34 nitrogen and oxygen atoms in total. The number of nitrogens with one attached hydrogen (secondary N) is 7. The molecule has 0 spiro atoms. The van der Waals surface area contributed by atoms with Gasteiger partial charge in [0, 0.05) is 20.3 Å². The van der Waals surface area contributed by atoms with Gasteiger partial charge in [-0.2, -0.15) is 4.31 Å². The van der Waals surface area contributed by atoms with Gasteiger partial charge >= 0.3 is 27.6 Å². The maximum absolute atomic E-state index is 14.1. The van der Waals surface area contributed by atoms with Gasteiger partial charge in [0.25, 0.3) is 0 Å². The first-order valence-electron chi connectivity index (χ1n) is 45.4. The number of carbonyl (C=O) groups excluding carboxylic acids is 7. The van der Waals surface area contributed by atoms with Gasteiger partial charge < -0.3 is 102 Å². The Hall–Kier alpha value is -7.73. The molecule has 17 N–H and O–H groups in total. The van der Waals surface area contributed by atoms with Crippen molar-refractivity contribution in [1.82, 2.24) is 37.2 Å². The zero-order valence-electron chi connectivity index (χ0n) is 80.0. The Labute approximate surface area is 770 Å². The van der Waals surface area contributed by atoms with Crippen LogP contribution in [0.1, 0.15) is 285 Å². The van der Waals surface area contributed by atoms with Crippen molar-refractivity contribution >= 4 is 68.9 Å². The smallest absolute Gasteiger partial charge is 0.480 e. The van der Waals surface area contributed by atoms with Gasteiger partial charge in [-0.1, -0.05) is 128 Å². The second-order valence-corrected chi connectivity index (χ2v) is 37.7. The molecule has 2 saturated heterocycles. The molecule has 0 radical (unpaired) electrons. The lowest BCUT2D eigenvalue weighted by Gasteiger charge is -2.49. The van der Waals surface area contributed by atoms with Crippen molar-refractivity contribution in [3.05, 3.63) is 128 Å².